The number of hydrogen-bond donors (Lipinski definition) is 2. The average Bonchev–Trinajstić information content (AvgIpc) is 2.61. The molecular weight excluding hydrogens is 350 g/mol. The van der Waals surface area contributed by atoms with E-state index in [9.17, 15) is 13.2 Å². The van der Waals surface area contributed by atoms with Crippen LogP contribution in [-0.2, 0) is 21.2 Å². The predicted molar refractivity (Wildman–Crippen MR) is 103 cm³/mol. The molecule has 26 heavy (non-hydrogen) atoms. The van der Waals surface area contributed by atoms with E-state index in [1.807, 2.05) is 13.8 Å². The Bertz CT molecular complexity index is 684. The number of rotatable bonds is 8. The van der Waals surface area contributed by atoms with Crippen LogP contribution >= 0.6 is 0 Å². The normalized spacial score (nSPS) is 20.9. The van der Waals surface area contributed by atoms with Crippen molar-refractivity contribution in [1.82, 2.24) is 14.9 Å². The van der Waals surface area contributed by atoms with Gasteiger partial charge in [-0.3, -0.25) is 4.79 Å². The van der Waals surface area contributed by atoms with Crippen LogP contribution in [0.2, 0.25) is 0 Å². The Morgan fingerprint density at radius 2 is 1.88 bits per heavy atom. The molecule has 1 saturated heterocycles. The molecule has 2 N–H and O–H groups in total. The number of aryl methyl sites for hydroxylation is 1. The second-order valence-corrected chi connectivity index (χ2v) is 8.82. The summed E-state index contributed by atoms with van der Waals surface area (Å²) in [6.45, 7) is 7.64. The van der Waals surface area contributed by atoms with Crippen LogP contribution in [0.25, 0.3) is 0 Å². The maximum absolute atomic E-state index is 12.5. The molecule has 1 heterocycles. The summed E-state index contributed by atoms with van der Waals surface area (Å²) >= 11 is 0. The van der Waals surface area contributed by atoms with Gasteiger partial charge in [0.25, 0.3) is 0 Å². The minimum Gasteiger partial charge on any atom is -0.353 e. The third kappa shape index (κ3) is 5.53. The van der Waals surface area contributed by atoms with Crippen LogP contribution in [0.1, 0.15) is 45.6 Å². The van der Waals surface area contributed by atoms with Gasteiger partial charge in [-0.2, -0.15) is 4.31 Å². The van der Waals surface area contributed by atoms with Crippen LogP contribution in [0.4, 0.5) is 0 Å². The molecular formula is C19H31N3O3S. The number of hydrogen-bond acceptors (Lipinski definition) is 4. The first kappa shape index (κ1) is 20.9. The summed E-state index contributed by atoms with van der Waals surface area (Å²) < 4.78 is 26.4. The van der Waals surface area contributed by atoms with E-state index >= 15 is 0 Å². The quantitative estimate of drug-likeness (QED) is 0.721. The van der Waals surface area contributed by atoms with Gasteiger partial charge in [0.2, 0.25) is 15.9 Å². The summed E-state index contributed by atoms with van der Waals surface area (Å²) in [4.78, 5) is 12.5. The number of carbonyl (C=O) groups excluding carboxylic acids is 1. The van der Waals surface area contributed by atoms with Crippen molar-refractivity contribution in [3.63, 3.8) is 0 Å². The number of piperidine rings is 1. The van der Waals surface area contributed by atoms with Gasteiger partial charge in [-0.05, 0) is 50.4 Å². The van der Waals surface area contributed by atoms with E-state index in [1.165, 1.54) is 4.31 Å². The molecule has 6 nitrogen and oxygen atoms in total. The molecule has 0 bridgehead atoms. The molecule has 1 amide bonds. The smallest absolute Gasteiger partial charge is 0.243 e. The Morgan fingerprint density at radius 1 is 1.23 bits per heavy atom. The average molecular weight is 382 g/mol. The molecule has 0 radical (unpaired) electrons. The molecule has 1 aliphatic heterocycles. The summed E-state index contributed by atoms with van der Waals surface area (Å²) in [6, 6.07) is 7.56. The largest absolute Gasteiger partial charge is 0.353 e. The number of amides is 1. The molecule has 1 fully saturated rings. The molecule has 146 valence electrons. The van der Waals surface area contributed by atoms with Crippen molar-refractivity contribution in [1.29, 1.82) is 0 Å². The van der Waals surface area contributed by atoms with Crippen LogP contribution in [-0.4, -0.2) is 50.3 Å². The lowest BCUT2D eigenvalue weighted by Crippen LogP contribution is -2.46. The molecule has 0 aromatic heterocycles. The van der Waals surface area contributed by atoms with Gasteiger partial charge in [-0.15, -0.1) is 0 Å². The standard InChI is InChI=1S/C19H31N3O3S/c1-4-22(5-2)26(24,25)18-9-6-16(7-10-18)8-11-19(23)21-17-12-13-20-15(3)14-17/h6-7,9-10,15,17,20H,4-5,8,11-14H2,1-3H3,(H,21,23). The van der Waals surface area contributed by atoms with Crippen LogP contribution in [0, 0.1) is 0 Å². The lowest BCUT2D eigenvalue weighted by molar-refractivity contribution is -0.122. The second kappa shape index (κ2) is 9.48. The highest BCUT2D eigenvalue weighted by atomic mass is 32.2. The van der Waals surface area contributed by atoms with Gasteiger partial charge >= 0.3 is 0 Å². The summed E-state index contributed by atoms with van der Waals surface area (Å²) in [5, 5.41) is 6.48. The lowest BCUT2D eigenvalue weighted by atomic mass is 10.0. The SMILES string of the molecule is CCN(CC)S(=O)(=O)c1ccc(CCC(=O)NC2CCNC(C)C2)cc1. The summed E-state index contributed by atoms with van der Waals surface area (Å²) in [5.74, 6) is 0.0592. The first-order valence-corrected chi connectivity index (χ1v) is 10.9. The fourth-order valence-corrected chi connectivity index (χ4v) is 4.82. The highest BCUT2D eigenvalue weighted by Crippen LogP contribution is 2.17. The monoisotopic (exact) mass is 381 g/mol. The Labute approximate surface area is 157 Å². The van der Waals surface area contributed by atoms with E-state index in [0.29, 0.717) is 36.9 Å². The molecule has 0 spiro atoms. The topological polar surface area (TPSA) is 78.5 Å². The van der Waals surface area contributed by atoms with Gasteiger partial charge in [0, 0.05) is 31.6 Å². The van der Waals surface area contributed by atoms with Crippen LogP contribution in [0.3, 0.4) is 0 Å². The van der Waals surface area contributed by atoms with Gasteiger partial charge in [-0.1, -0.05) is 26.0 Å². The zero-order valence-corrected chi connectivity index (χ0v) is 16.8. The van der Waals surface area contributed by atoms with Gasteiger partial charge in [-0.25, -0.2) is 8.42 Å². The van der Waals surface area contributed by atoms with Crippen molar-refractivity contribution in [2.24, 2.45) is 0 Å². The second-order valence-electron chi connectivity index (χ2n) is 6.88. The molecule has 2 rings (SSSR count). The first-order chi connectivity index (χ1) is 12.4. The van der Waals surface area contributed by atoms with Crippen molar-refractivity contribution in [2.45, 2.75) is 63.4 Å². The minimum atomic E-state index is -3.43. The van der Waals surface area contributed by atoms with E-state index in [1.54, 1.807) is 24.3 Å². The minimum absolute atomic E-state index is 0.0592. The van der Waals surface area contributed by atoms with Crippen molar-refractivity contribution >= 4 is 15.9 Å². The van der Waals surface area contributed by atoms with Crippen LogP contribution < -0.4 is 10.6 Å². The van der Waals surface area contributed by atoms with Gasteiger partial charge in [0.1, 0.15) is 0 Å². The molecule has 1 aromatic carbocycles. The Balaban J connectivity index is 1.88. The number of nitrogens with zero attached hydrogens (tertiary/aromatic N) is 1. The zero-order valence-electron chi connectivity index (χ0n) is 16.0. The first-order valence-electron chi connectivity index (χ1n) is 9.48. The van der Waals surface area contributed by atoms with Gasteiger partial charge in [0.05, 0.1) is 4.90 Å². The summed E-state index contributed by atoms with van der Waals surface area (Å²) in [7, 11) is -3.43. The third-order valence-corrected chi connectivity index (χ3v) is 6.96. The highest BCUT2D eigenvalue weighted by Gasteiger charge is 2.22. The van der Waals surface area contributed by atoms with E-state index in [0.717, 1.165) is 24.9 Å². The maximum Gasteiger partial charge on any atom is 0.243 e. The Hall–Kier alpha value is -1.44. The fourth-order valence-electron chi connectivity index (χ4n) is 3.36. The number of nitrogens with one attached hydrogen (secondary N) is 2. The van der Waals surface area contributed by atoms with Crippen molar-refractivity contribution < 1.29 is 13.2 Å². The third-order valence-electron chi connectivity index (χ3n) is 4.90. The number of sulfonamides is 1. The van der Waals surface area contributed by atoms with Crippen LogP contribution in [0.15, 0.2) is 29.2 Å². The maximum atomic E-state index is 12.5. The Morgan fingerprint density at radius 3 is 2.46 bits per heavy atom. The van der Waals surface area contributed by atoms with E-state index in [4.69, 9.17) is 0 Å². The molecule has 0 aliphatic carbocycles. The fraction of sp³-hybridized carbons (Fsp3) is 0.632. The number of carbonyl (C=O) groups is 1. The molecule has 1 aliphatic rings. The zero-order chi connectivity index (χ0) is 19.2. The lowest BCUT2D eigenvalue weighted by Gasteiger charge is -2.28. The summed E-state index contributed by atoms with van der Waals surface area (Å²) in [5.41, 5.74) is 0.970. The van der Waals surface area contributed by atoms with Crippen LogP contribution in [0.5, 0.6) is 0 Å². The summed E-state index contributed by atoms with van der Waals surface area (Å²) in [6.07, 6.45) is 2.95. The molecule has 2 atom stereocenters. The molecule has 0 saturated carbocycles. The molecule has 1 aromatic rings. The highest BCUT2D eigenvalue weighted by molar-refractivity contribution is 7.89. The Kier molecular flexibility index (Phi) is 7.61. The van der Waals surface area contributed by atoms with Crippen molar-refractivity contribution in [3.8, 4) is 0 Å². The predicted octanol–water partition coefficient (Wildman–Crippen LogP) is 1.91. The van der Waals surface area contributed by atoms with E-state index < -0.39 is 10.0 Å². The van der Waals surface area contributed by atoms with Gasteiger partial charge < -0.3 is 10.6 Å². The number of benzene rings is 1. The van der Waals surface area contributed by atoms with Crippen molar-refractivity contribution in [3.05, 3.63) is 29.8 Å². The molecule has 2 unspecified atom stereocenters. The van der Waals surface area contributed by atoms with E-state index in [-0.39, 0.29) is 11.9 Å². The van der Waals surface area contributed by atoms with Gasteiger partial charge in [0.15, 0.2) is 0 Å². The molecule has 7 heteroatoms. The van der Waals surface area contributed by atoms with Crippen molar-refractivity contribution in [2.75, 3.05) is 19.6 Å². The van der Waals surface area contributed by atoms with E-state index in [2.05, 4.69) is 17.6 Å².